The second-order valence-electron chi connectivity index (χ2n) is 6.14. The first-order chi connectivity index (χ1) is 14.1. The molecule has 168 valence electrons. The van der Waals surface area contributed by atoms with Gasteiger partial charge in [0.15, 0.2) is 11.5 Å². The summed E-state index contributed by atoms with van der Waals surface area (Å²) in [5, 5.41) is 58.4. The Morgan fingerprint density at radius 2 is 1.40 bits per heavy atom. The van der Waals surface area contributed by atoms with Gasteiger partial charge < -0.3 is 40.7 Å². The predicted molar refractivity (Wildman–Crippen MR) is 115 cm³/mol. The quantitative estimate of drug-likeness (QED) is 0.300. The lowest BCUT2D eigenvalue weighted by molar-refractivity contribution is -0.113. The summed E-state index contributed by atoms with van der Waals surface area (Å²) in [6.07, 6.45) is -5.65. The summed E-state index contributed by atoms with van der Waals surface area (Å²) in [5.74, 6) is 0.635. The van der Waals surface area contributed by atoms with E-state index >= 15 is 0 Å². The molecule has 0 unspecified atom stereocenters. The zero-order valence-corrected chi connectivity index (χ0v) is 18.2. The van der Waals surface area contributed by atoms with Crippen LogP contribution in [-0.4, -0.2) is 75.3 Å². The number of hydrogen-bond acceptors (Lipinski definition) is 8. The van der Waals surface area contributed by atoms with Crippen molar-refractivity contribution in [2.24, 2.45) is 0 Å². The molecule has 0 amide bonds. The summed E-state index contributed by atoms with van der Waals surface area (Å²) in [4.78, 5) is 0. The Hall–Kier alpha value is -1.33. The minimum atomic E-state index is -1.55. The highest BCUT2D eigenvalue weighted by Crippen LogP contribution is 2.36. The minimum Gasteiger partial charge on any atom is -0.504 e. The van der Waals surface area contributed by atoms with Crippen molar-refractivity contribution in [3.05, 3.63) is 51.5 Å². The number of likely N-dealkylation sites (N-methyl/N-ethyl adjacent to an activating group) is 1. The molecule has 11 heteroatoms. The van der Waals surface area contributed by atoms with Crippen molar-refractivity contribution in [1.82, 2.24) is 5.32 Å². The number of aliphatic hydroxyl groups excluding tert-OH is 5. The van der Waals surface area contributed by atoms with Gasteiger partial charge in [-0.2, -0.15) is 0 Å². The smallest absolute Gasteiger partial charge is 0.169 e. The molecule has 4 atom stereocenters. The zero-order valence-electron chi connectivity index (χ0n) is 15.9. The van der Waals surface area contributed by atoms with Crippen LogP contribution in [0.2, 0.25) is 15.1 Å². The van der Waals surface area contributed by atoms with Gasteiger partial charge in [-0.3, -0.25) is 0 Å². The molecule has 0 bridgehead atoms. The van der Waals surface area contributed by atoms with Crippen molar-refractivity contribution in [3.8, 4) is 17.2 Å². The van der Waals surface area contributed by atoms with Crippen LogP contribution in [0.25, 0.3) is 0 Å². The van der Waals surface area contributed by atoms with Crippen molar-refractivity contribution < 1.29 is 35.4 Å². The van der Waals surface area contributed by atoms with Gasteiger partial charge in [-0.1, -0.05) is 34.8 Å². The van der Waals surface area contributed by atoms with E-state index in [1.807, 2.05) is 0 Å². The van der Waals surface area contributed by atoms with Crippen molar-refractivity contribution in [2.75, 3.05) is 20.2 Å². The largest absolute Gasteiger partial charge is 0.504 e. The minimum absolute atomic E-state index is 0.0523. The molecule has 0 saturated heterocycles. The molecule has 2 aromatic carbocycles. The van der Waals surface area contributed by atoms with Crippen molar-refractivity contribution in [3.63, 3.8) is 0 Å². The standard InChI is InChI=1S/C12H7Cl3O2.C7H17NO5/c13-7-1-3-11(9(15)5-7)17-12-4-2-8(14)6-10(12)16;1-8-2-4(10)6(12)7(13)5(11)3-9/h1-6,16H;4-13H,2-3H2,1H3/t;4-,5+,6+,7+/m.0/s1. The molecule has 0 heterocycles. The number of aromatic hydroxyl groups is 1. The Morgan fingerprint density at radius 1 is 0.867 bits per heavy atom. The molecule has 0 aliphatic heterocycles. The SMILES string of the molecule is CNC[C@H](O)[C@@H](O)[C@H](O)[C@H](O)CO.Oc1cc(Cl)ccc1Oc1ccc(Cl)cc1Cl. The molecule has 0 saturated carbocycles. The van der Waals surface area contributed by atoms with Crippen LogP contribution in [0.3, 0.4) is 0 Å². The van der Waals surface area contributed by atoms with Gasteiger partial charge in [0, 0.05) is 22.7 Å². The normalized spacial score (nSPS) is 14.8. The number of nitrogens with one attached hydrogen (secondary N) is 1. The Labute approximate surface area is 188 Å². The topological polar surface area (TPSA) is 143 Å². The van der Waals surface area contributed by atoms with Gasteiger partial charge in [0.05, 0.1) is 17.7 Å². The third-order valence-corrected chi connectivity index (χ3v) is 4.54. The first kappa shape index (κ1) is 26.7. The monoisotopic (exact) mass is 483 g/mol. The van der Waals surface area contributed by atoms with Gasteiger partial charge in [-0.25, -0.2) is 0 Å². The van der Waals surface area contributed by atoms with Crippen molar-refractivity contribution >= 4 is 34.8 Å². The van der Waals surface area contributed by atoms with Crippen LogP contribution in [0.4, 0.5) is 0 Å². The average Bonchev–Trinajstić information content (AvgIpc) is 2.70. The number of phenols is 1. The Morgan fingerprint density at radius 3 is 1.90 bits per heavy atom. The van der Waals surface area contributed by atoms with Gasteiger partial charge in [-0.05, 0) is 37.4 Å². The van der Waals surface area contributed by atoms with Gasteiger partial charge in [-0.15, -0.1) is 0 Å². The number of benzene rings is 2. The highest BCUT2D eigenvalue weighted by atomic mass is 35.5. The number of hydrogen-bond donors (Lipinski definition) is 7. The number of aliphatic hydroxyl groups is 5. The molecule has 30 heavy (non-hydrogen) atoms. The third kappa shape index (κ3) is 8.43. The second kappa shape index (κ2) is 13.2. The van der Waals surface area contributed by atoms with E-state index < -0.39 is 31.0 Å². The van der Waals surface area contributed by atoms with Crippen molar-refractivity contribution in [2.45, 2.75) is 24.4 Å². The molecular formula is C19H24Cl3NO7. The summed E-state index contributed by atoms with van der Waals surface area (Å²) in [7, 11) is 1.57. The lowest BCUT2D eigenvalue weighted by Gasteiger charge is -2.25. The maximum Gasteiger partial charge on any atom is 0.169 e. The molecule has 0 radical (unpaired) electrons. The lowest BCUT2D eigenvalue weighted by atomic mass is 10.0. The predicted octanol–water partition coefficient (Wildman–Crippen LogP) is 1.79. The molecule has 7 N–H and O–H groups in total. The molecule has 2 aromatic rings. The highest BCUT2D eigenvalue weighted by Gasteiger charge is 2.29. The van der Waals surface area contributed by atoms with Crippen LogP contribution in [0.1, 0.15) is 0 Å². The molecule has 0 aliphatic rings. The third-order valence-electron chi connectivity index (χ3n) is 3.77. The van der Waals surface area contributed by atoms with Crippen LogP contribution >= 0.6 is 34.8 Å². The number of halogens is 3. The van der Waals surface area contributed by atoms with E-state index in [2.05, 4.69) is 5.32 Å². The average molecular weight is 485 g/mol. The first-order valence-corrected chi connectivity index (χ1v) is 9.83. The zero-order chi connectivity index (χ0) is 22.8. The van der Waals surface area contributed by atoms with E-state index in [0.717, 1.165) is 0 Å². The molecule has 0 spiro atoms. The van der Waals surface area contributed by atoms with Gasteiger partial charge in [0.1, 0.15) is 24.1 Å². The summed E-state index contributed by atoms with van der Waals surface area (Å²) in [5.41, 5.74) is 0. The Bertz CT molecular complexity index is 747. The maximum absolute atomic E-state index is 9.62. The number of rotatable bonds is 8. The highest BCUT2D eigenvalue weighted by molar-refractivity contribution is 6.35. The molecule has 0 fully saturated rings. The number of phenolic OH excluding ortho intramolecular Hbond substituents is 1. The van der Waals surface area contributed by atoms with E-state index in [9.17, 15) is 10.2 Å². The molecule has 8 nitrogen and oxygen atoms in total. The van der Waals surface area contributed by atoms with Crippen LogP contribution in [-0.2, 0) is 0 Å². The molecular weight excluding hydrogens is 461 g/mol. The fraction of sp³-hybridized carbons (Fsp3) is 0.368. The van der Waals surface area contributed by atoms with Crippen LogP contribution in [0.5, 0.6) is 17.2 Å². The van der Waals surface area contributed by atoms with Gasteiger partial charge in [0.25, 0.3) is 0 Å². The summed E-state index contributed by atoms with van der Waals surface area (Å²) >= 11 is 17.4. The number of ether oxygens (including phenoxy) is 1. The fourth-order valence-electron chi connectivity index (χ4n) is 2.15. The Kier molecular flexibility index (Phi) is 11.7. The molecule has 0 aliphatic carbocycles. The van der Waals surface area contributed by atoms with Crippen molar-refractivity contribution in [1.29, 1.82) is 0 Å². The molecule has 0 aromatic heterocycles. The maximum atomic E-state index is 9.62. The van der Waals surface area contributed by atoms with E-state index in [1.165, 1.54) is 6.07 Å². The fourth-order valence-corrected chi connectivity index (χ4v) is 2.76. The van der Waals surface area contributed by atoms with E-state index in [0.29, 0.717) is 20.8 Å². The Balaban J connectivity index is 0.000000314. The summed E-state index contributed by atoms with van der Waals surface area (Å²) < 4.78 is 5.45. The van der Waals surface area contributed by atoms with Crippen LogP contribution in [0.15, 0.2) is 36.4 Å². The summed E-state index contributed by atoms with van der Waals surface area (Å²) in [6.45, 7) is -0.569. The van der Waals surface area contributed by atoms with Gasteiger partial charge in [0.2, 0.25) is 0 Å². The summed E-state index contributed by atoms with van der Waals surface area (Å²) in [6, 6.07) is 9.39. The van der Waals surface area contributed by atoms with E-state index in [4.69, 9.17) is 60.0 Å². The van der Waals surface area contributed by atoms with Crippen LogP contribution in [0, 0.1) is 0 Å². The van der Waals surface area contributed by atoms with E-state index in [1.54, 1.807) is 37.4 Å². The van der Waals surface area contributed by atoms with Gasteiger partial charge >= 0.3 is 0 Å². The molecule has 2 rings (SSSR count). The van der Waals surface area contributed by atoms with E-state index in [-0.39, 0.29) is 18.0 Å². The second-order valence-corrected chi connectivity index (χ2v) is 7.43. The lowest BCUT2D eigenvalue weighted by Crippen LogP contribution is -2.48. The van der Waals surface area contributed by atoms with Crippen LogP contribution < -0.4 is 10.1 Å². The first-order valence-electron chi connectivity index (χ1n) is 8.69.